The molecule has 0 spiro atoms. The van der Waals surface area contributed by atoms with Crippen LogP contribution in [0.15, 0.2) is 36.0 Å². The minimum Gasteiger partial charge on any atom is -0.368 e. The molecule has 2 aliphatic rings. The maximum Gasteiger partial charge on any atom is 0.268 e. The normalized spacial score (nSPS) is 23.6. The number of likely N-dealkylation sites (N-methyl/N-ethyl adjacent to an activating group) is 1. The Morgan fingerprint density at radius 2 is 2.13 bits per heavy atom. The average molecular weight is 318 g/mol. The zero-order chi connectivity index (χ0) is 16.6. The van der Waals surface area contributed by atoms with Crippen LogP contribution in [0.5, 0.6) is 0 Å². The first kappa shape index (κ1) is 15.5. The summed E-state index contributed by atoms with van der Waals surface area (Å²) >= 11 is 0. The van der Waals surface area contributed by atoms with Gasteiger partial charge in [0, 0.05) is 12.6 Å². The topological polar surface area (TPSA) is 87.5 Å². The highest BCUT2D eigenvalue weighted by Crippen LogP contribution is 2.44. The van der Waals surface area contributed by atoms with Crippen LogP contribution in [0.25, 0.3) is 0 Å². The fraction of sp³-hybridized carbons (Fsp3) is 0.375. The third-order valence-electron chi connectivity index (χ3n) is 4.35. The molecule has 1 aliphatic carbocycles. The van der Waals surface area contributed by atoms with Gasteiger partial charge >= 0.3 is 0 Å². The van der Waals surface area contributed by atoms with E-state index >= 15 is 0 Å². The Kier molecular flexibility index (Phi) is 3.81. The lowest BCUT2D eigenvalue weighted by atomic mass is 9.93. The molecular formula is C16H19FN4O2. The van der Waals surface area contributed by atoms with Gasteiger partial charge in [-0.1, -0.05) is 18.2 Å². The van der Waals surface area contributed by atoms with Crippen molar-refractivity contribution in [3.8, 4) is 0 Å². The van der Waals surface area contributed by atoms with E-state index in [4.69, 9.17) is 5.73 Å². The third-order valence-corrected chi connectivity index (χ3v) is 4.35. The summed E-state index contributed by atoms with van der Waals surface area (Å²) in [6, 6.07) is 6.32. The maximum atomic E-state index is 13.9. The predicted molar refractivity (Wildman–Crippen MR) is 81.9 cm³/mol. The molecule has 2 amide bonds. The lowest BCUT2D eigenvalue weighted by Gasteiger charge is -2.29. The quantitative estimate of drug-likeness (QED) is 0.734. The van der Waals surface area contributed by atoms with E-state index in [-0.39, 0.29) is 29.9 Å². The summed E-state index contributed by atoms with van der Waals surface area (Å²) in [4.78, 5) is 24.2. The summed E-state index contributed by atoms with van der Waals surface area (Å²) in [5.74, 6) is -1.19. The zero-order valence-electron chi connectivity index (χ0n) is 12.8. The number of rotatable bonds is 5. The van der Waals surface area contributed by atoms with E-state index < -0.39 is 11.4 Å². The van der Waals surface area contributed by atoms with Crippen LogP contribution in [-0.4, -0.2) is 29.4 Å². The molecule has 0 bridgehead atoms. The van der Waals surface area contributed by atoms with Crippen molar-refractivity contribution in [2.75, 3.05) is 7.05 Å². The molecule has 1 unspecified atom stereocenters. The van der Waals surface area contributed by atoms with Gasteiger partial charge in [-0.15, -0.1) is 0 Å². The van der Waals surface area contributed by atoms with Gasteiger partial charge in [0.25, 0.3) is 5.91 Å². The fourth-order valence-corrected chi connectivity index (χ4v) is 2.92. The largest absolute Gasteiger partial charge is 0.368 e. The summed E-state index contributed by atoms with van der Waals surface area (Å²) in [7, 11) is 1.51. The van der Waals surface area contributed by atoms with E-state index in [0.29, 0.717) is 5.56 Å². The zero-order valence-corrected chi connectivity index (χ0v) is 12.8. The highest BCUT2D eigenvalue weighted by atomic mass is 19.1. The lowest BCUT2D eigenvalue weighted by molar-refractivity contribution is -0.125. The predicted octanol–water partition coefficient (Wildman–Crippen LogP) is 0.410. The van der Waals surface area contributed by atoms with Gasteiger partial charge in [0.05, 0.1) is 6.54 Å². The van der Waals surface area contributed by atoms with Gasteiger partial charge in [-0.3, -0.25) is 14.6 Å². The van der Waals surface area contributed by atoms with Crippen molar-refractivity contribution in [3.05, 3.63) is 47.4 Å². The number of primary amides is 1. The van der Waals surface area contributed by atoms with Crippen LogP contribution in [0.3, 0.4) is 0 Å². The fourth-order valence-electron chi connectivity index (χ4n) is 2.92. The lowest BCUT2D eigenvalue weighted by Crippen LogP contribution is -2.57. The van der Waals surface area contributed by atoms with E-state index in [1.807, 2.05) is 0 Å². The van der Waals surface area contributed by atoms with Crippen LogP contribution in [0.2, 0.25) is 0 Å². The third kappa shape index (κ3) is 2.68. The smallest absolute Gasteiger partial charge is 0.268 e. The first-order valence-electron chi connectivity index (χ1n) is 7.51. The molecule has 1 aromatic carbocycles. The Morgan fingerprint density at radius 1 is 1.43 bits per heavy atom. The van der Waals surface area contributed by atoms with Crippen LogP contribution in [0, 0.1) is 11.7 Å². The van der Waals surface area contributed by atoms with Crippen LogP contribution < -0.4 is 16.5 Å². The molecule has 7 heteroatoms. The molecule has 4 N–H and O–H groups in total. The van der Waals surface area contributed by atoms with E-state index in [9.17, 15) is 14.0 Å². The molecule has 1 heterocycles. The first-order chi connectivity index (χ1) is 11.0. The maximum absolute atomic E-state index is 13.9. The van der Waals surface area contributed by atoms with E-state index in [1.165, 1.54) is 18.1 Å². The Balaban J connectivity index is 1.93. The molecule has 6 nitrogen and oxygen atoms in total. The molecule has 0 radical (unpaired) electrons. The number of amides is 2. The first-order valence-corrected chi connectivity index (χ1v) is 7.51. The molecule has 122 valence electrons. The van der Waals surface area contributed by atoms with Crippen LogP contribution in [-0.2, 0) is 16.1 Å². The highest BCUT2D eigenvalue weighted by molar-refractivity contribution is 5.97. The molecule has 0 aromatic heterocycles. The van der Waals surface area contributed by atoms with E-state index in [0.717, 1.165) is 12.8 Å². The van der Waals surface area contributed by atoms with Crippen molar-refractivity contribution in [2.24, 2.45) is 11.7 Å². The minimum absolute atomic E-state index is 0.0604. The minimum atomic E-state index is -1.08. The van der Waals surface area contributed by atoms with Gasteiger partial charge in [-0.25, -0.2) is 9.82 Å². The molecule has 23 heavy (non-hydrogen) atoms. The molecular weight excluding hydrogens is 299 g/mol. The molecule has 0 saturated heterocycles. The number of halogens is 1. The van der Waals surface area contributed by atoms with Crippen molar-refractivity contribution >= 4 is 11.8 Å². The van der Waals surface area contributed by atoms with Gasteiger partial charge in [0.1, 0.15) is 17.1 Å². The summed E-state index contributed by atoms with van der Waals surface area (Å²) in [5, 5.41) is 4.04. The molecule has 1 saturated carbocycles. The summed E-state index contributed by atoms with van der Waals surface area (Å²) in [5.41, 5.74) is 8.26. The number of nitrogens with one attached hydrogen (secondary N) is 2. The van der Waals surface area contributed by atoms with Gasteiger partial charge < -0.3 is 11.1 Å². The Morgan fingerprint density at radius 3 is 2.70 bits per heavy atom. The molecule has 3 rings (SSSR count). The average Bonchev–Trinajstić information content (AvgIpc) is 3.31. The Bertz CT molecular complexity index is 686. The van der Waals surface area contributed by atoms with Crippen molar-refractivity contribution in [2.45, 2.75) is 24.9 Å². The molecule has 1 atom stereocenters. The Hall–Kier alpha value is -2.41. The van der Waals surface area contributed by atoms with Gasteiger partial charge in [-0.05, 0) is 30.9 Å². The monoisotopic (exact) mass is 318 g/mol. The van der Waals surface area contributed by atoms with Gasteiger partial charge in [0.15, 0.2) is 0 Å². The SMILES string of the molecule is CNC(=O)C1=CC(C(N)=O)(C2CC2)NN1Cc1ccccc1F. The van der Waals surface area contributed by atoms with Crippen LogP contribution >= 0.6 is 0 Å². The van der Waals surface area contributed by atoms with Crippen LogP contribution in [0.4, 0.5) is 4.39 Å². The van der Waals surface area contributed by atoms with Gasteiger partial charge in [-0.2, -0.15) is 0 Å². The standard InChI is InChI=1S/C16H19FN4O2/c1-19-14(22)13-8-16(15(18)23,11-6-7-11)20-21(13)9-10-4-2-3-5-12(10)17/h2-5,8,11,20H,6-7,9H2,1H3,(H2,18,23)(H,19,22). The van der Waals surface area contributed by atoms with Crippen molar-refractivity contribution in [1.82, 2.24) is 15.8 Å². The van der Waals surface area contributed by atoms with Crippen molar-refractivity contribution in [1.29, 1.82) is 0 Å². The number of carbonyl (C=O) groups excluding carboxylic acids is 2. The Labute approximate surface area is 133 Å². The number of nitrogens with zero attached hydrogens (tertiary/aromatic N) is 1. The van der Waals surface area contributed by atoms with Crippen molar-refractivity contribution < 1.29 is 14.0 Å². The number of hydrogen-bond acceptors (Lipinski definition) is 4. The molecule has 1 aromatic rings. The number of hydrogen-bond donors (Lipinski definition) is 3. The highest BCUT2D eigenvalue weighted by Gasteiger charge is 2.53. The second-order valence-corrected chi connectivity index (χ2v) is 5.91. The summed E-state index contributed by atoms with van der Waals surface area (Å²) < 4.78 is 13.9. The van der Waals surface area contributed by atoms with E-state index in [1.54, 1.807) is 24.3 Å². The second kappa shape index (κ2) is 5.66. The van der Waals surface area contributed by atoms with Crippen molar-refractivity contribution in [3.63, 3.8) is 0 Å². The second-order valence-electron chi connectivity index (χ2n) is 5.91. The summed E-state index contributed by atoms with van der Waals surface area (Å²) in [6.45, 7) is 0.119. The summed E-state index contributed by atoms with van der Waals surface area (Å²) in [6.07, 6.45) is 3.30. The van der Waals surface area contributed by atoms with Gasteiger partial charge in [0.2, 0.25) is 5.91 Å². The molecule has 1 fully saturated rings. The number of carbonyl (C=O) groups is 2. The number of nitrogens with two attached hydrogens (primary N) is 1. The van der Waals surface area contributed by atoms with Crippen LogP contribution in [0.1, 0.15) is 18.4 Å². The number of benzene rings is 1. The van der Waals surface area contributed by atoms with E-state index in [2.05, 4.69) is 10.7 Å². The number of hydrazine groups is 1. The molecule has 1 aliphatic heterocycles.